The summed E-state index contributed by atoms with van der Waals surface area (Å²) in [7, 11) is 0. The van der Waals surface area contributed by atoms with Crippen LogP contribution in [0.3, 0.4) is 0 Å². The van der Waals surface area contributed by atoms with Gasteiger partial charge in [0.05, 0.1) is 11.3 Å². The first-order chi connectivity index (χ1) is 10.7. The summed E-state index contributed by atoms with van der Waals surface area (Å²) in [6.07, 6.45) is 6.18. The van der Waals surface area contributed by atoms with Crippen molar-refractivity contribution in [2.75, 3.05) is 0 Å². The number of rotatable bonds is 4. The largest absolute Gasteiger partial charge is 0.268 e. The van der Waals surface area contributed by atoms with Crippen LogP contribution in [0.1, 0.15) is 25.5 Å². The van der Waals surface area contributed by atoms with Crippen molar-refractivity contribution in [3.05, 3.63) is 63.9 Å². The zero-order chi connectivity index (χ0) is 15.5. The normalized spacial score (nSPS) is 11.0. The Bertz CT molecular complexity index is 856. The minimum atomic E-state index is -0.0687. The Kier molecular flexibility index (Phi) is 4.20. The Morgan fingerprint density at radius 2 is 2.09 bits per heavy atom. The van der Waals surface area contributed by atoms with E-state index in [4.69, 9.17) is 11.6 Å². The molecule has 0 saturated heterocycles. The number of pyridine rings is 2. The number of halogens is 1. The highest BCUT2D eigenvalue weighted by Crippen LogP contribution is 2.21. The molecule has 0 radical (unpaired) electrons. The van der Waals surface area contributed by atoms with Gasteiger partial charge in [0.2, 0.25) is 0 Å². The van der Waals surface area contributed by atoms with Gasteiger partial charge in [-0.25, -0.2) is 9.97 Å². The summed E-state index contributed by atoms with van der Waals surface area (Å²) >= 11 is 5.85. The van der Waals surface area contributed by atoms with Crippen molar-refractivity contribution in [2.45, 2.75) is 26.2 Å². The third kappa shape index (κ3) is 2.74. The molecule has 112 valence electrons. The van der Waals surface area contributed by atoms with E-state index >= 15 is 0 Å². The fraction of sp³-hybridized carbons (Fsp3) is 0.235. The van der Waals surface area contributed by atoms with Gasteiger partial charge in [-0.1, -0.05) is 31.0 Å². The van der Waals surface area contributed by atoms with Crippen molar-refractivity contribution in [3.8, 4) is 11.1 Å². The van der Waals surface area contributed by atoms with Crippen molar-refractivity contribution in [1.82, 2.24) is 14.4 Å². The van der Waals surface area contributed by atoms with Gasteiger partial charge in [-0.15, -0.1) is 0 Å². The van der Waals surface area contributed by atoms with Crippen molar-refractivity contribution in [2.24, 2.45) is 0 Å². The first-order valence-electron chi connectivity index (χ1n) is 7.33. The molecule has 0 aliphatic carbocycles. The fourth-order valence-corrected chi connectivity index (χ4v) is 2.59. The lowest BCUT2D eigenvalue weighted by Gasteiger charge is -2.10. The zero-order valence-corrected chi connectivity index (χ0v) is 13.0. The molecular formula is C17H16ClN3O. The Morgan fingerprint density at radius 1 is 1.23 bits per heavy atom. The first-order valence-corrected chi connectivity index (χ1v) is 7.70. The molecule has 3 heterocycles. The van der Waals surface area contributed by atoms with Gasteiger partial charge >= 0.3 is 0 Å². The van der Waals surface area contributed by atoms with Gasteiger partial charge in [-0.3, -0.25) is 9.20 Å². The second kappa shape index (κ2) is 6.28. The van der Waals surface area contributed by atoms with E-state index < -0.39 is 0 Å². The summed E-state index contributed by atoms with van der Waals surface area (Å²) in [4.78, 5) is 21.6. The molecule has 0 atom stereocenters. The highest BCUT2D eigenvalue weighted by molar-refractivity contribution is 6.29. The van der Waals surface area contributed by atoms with Crippen molar-refractivity contribution >= 4 is 17.2 Å². The second-order valence-electron chi connectivity index (χ2n) is 5.14. The number of hydrogen-bond acceptors (Lipinski definition) is 3. The van der Waals surface area contributed by atoms with Gasteiger partial charge < -0.3 is 0 Å². The van der Waals surface area contributed by atoms with E-state index in [9.17, 15) is 4.79 Å². The Morgan fingerprint density at radius 3 is 2.82 bits per heavy atom. The first kappa shape index (κ1) is 14.7. The quantitative estimate of drug-likeness (QED) is 0.689. The molecule has 0 fully saturated rings. The monoisotopic (exact) mass is 313 g/mol. The lowest BCUT2D eigenvalue weighted by Crippen LogP contribution is -2.19. The van der Waals surface area contributed by atoms with E-state index in [1.165, 1.54) is 0 Å². The highest BCUT2D eigenvalue weighted by atomic mass is 35.5. The zero-order valence-electron chi connectivity index (χ0n) is 12.3. The van der Waals surface area contributed by atoms with Gasteiger partial charge in [0.15, 0.2) is 0 Å². The number of aryl methyl sites for hydroxylation is 1. The van der Waals surface area contributed by atoms with Crippen LogP contribution in [-0.2, 0) is 6.42 Å². The molecule has 0 bridgehead atoms. The molecule has 3 aromatic heterocycles. The van der Waals surface area contributed by atoms with Crippen LogP contribution in [0.5, 0.6) is 0 Å². The summed E-state index contributed by atoms with van der Waals surface area (Å²) in [6, 6.07) is 9.07. The fourth-order valence-electron chi connectivity index (χ4n) is 2.47. The molecule has 0 unspecified atom stereocenters. The molecule has 3 rings (SSSR count). The predicted octanol–water partition coefficient (Wildman–Crippen LogP) is 3.75. The average molecular weight is 314 g/mol. The van der Waals surface area contributed by atoms with E-state index in [0.29, 0.717) is 16.4 Å². The second-order valence-corrected chi connectivity index (χ2v) is 5.53. The number of hydrogen-bond donors (Lipinski definition) is 0. The van der Waals surface area contributed by atoms with Gasteiger partial charge in [0.25, 0.3) is 5.56 Å². The molecule has 0 aromatic carbocycles. The summed E-state index contributed by atoms with van der Waals surface area (Å²) in [5, 5.41) is 0.410. The predicted molar refractivity (Wildman–Crippen MR) is 88.3 cm³/mol. The molecule has 22 heavy (non-hydrogen) atoms. The highest BCUT2D eigenvalue weighted by Gasteiger charge is 2.14. The van der Waals surface area contributed by atoms with Crippen molar-refractivity contribution in [1.29, 1.82) is 0 Å². The van der Waals surface area contributed by atoms with Gasteiger partial charge in [-0.05, 0) is 37.1 Å². The molecule has 0 spiro atoms. The van der Waals surface area contributed by atoms with Crippen LogP contribution in [0.4, 0.5) is 0 Å². The van der Waals surface area contributed by atoms with E-state index in [1.54, 1.807) is 22.9 Å². The van der Waals surface area contributed by atoms with Crippen molar-refractivity contribution < 1.29 is 0 Å². The van der Waals surface area contributed by atoms with Crippen LogP contribution in [-0.4, -0.2) is 14.4 Å². The van der Waals surface area contributed by atoms with Crippen LogP contribution in [0.2, 0.25) is 5.15 Å². The number of unbranched alkanes of at least 4 members (excludes halogenated alkanes) is 1. The molecule has 5 heteroatoms. The SMILES string of the molecule is CCCCc1nc2ccccn2c(=O)c1-c1ccc(Cl)nc1. The molecule has 0 aliphatic rings. The topological polar surface area (TPSA) is 47.3 Å². The minimum absolute atomic E-state index is 0.0687. The van der Waals surface area contributed by atoms with E-state index in [1.807, 2.05) is 24.3 Å². The molecule has 0 saturated carbocycles. The summed E-state index contributed by atoms with van der Waals surface area (Å²) < 4.78 is 1.57. The molecule has 0 N–H and O–H groups in total. The lowest BCUT2D eigenvalue weighted by atomic mass is 10.0. The third-order valence-corrected chi connectivity index (χ3v) is 3.82. The van der Waals surface area contributed by atoms with Gasteiger partial charge in [0, 0.05) is 18.0 Å². The van der Waals surface area contributed by atoms with Crippen LogP contribution >= 0.6 is 11.6 Å². The van der Waals surface area contributed by atoms with Gasteiger partial charge in [-0.2, -0.15) is 0 Å². The van der Waals surface area contributed by atoms with E-state index in [0.717, 1.165) is 30.5 Å². The maximum Gasteiger partial charge on any atom is 0.266 e. The van der Waals surface area contributed by atoms with Gasteiger partial charge in [0.1, 0.15) is 10.8 Å². The Hall–Kier alpha value is -2.20. The lowest BCUT2D eigenvalue weighted by molar-refractivity contribution is 0.774. The summed E-state index contributed by atoms with van der Waals surface area (Å²) in [6.45, 7) is 2.12. The van der Waals surface area contributed by atoms with Crippen LogP contribution < -0.4 is 5.56 Å². The smallest absolute Gasteiger partial charge is 0.266 e. The Labute approximate surface area is 133 Å². The molecule has 4 nitrogen and oxygen atoms in total. The molecule has 0 aliphatic heterocycles. The average Bonchev–Trinajstić information content (AvgIpc) is 2.54. The van der Waals surface area contributed by atoms with Crippen LogP contribution in [0.25, 0.3) is 16.8 Å². The van der Waals surface area contributed by atoms with Crippen LogP contribution in [0.15, 0.2) is 47.5 Å². The number of aromatic nitrogens is 3. The van der Waals surface area contributed by atoms with E-state index in [-0.39, 0.29) is 5.56 Å². The van der Waals surface area contributed by atoms with Crippen LogP contribution in [0, 0.1) is 0 Å². The standard InChI is InChI=1S/C17H16ClN3O/c1-2-3-6-13-16(12-8-9-14(18)19-11-12)17(22)21-10-5-4-7-15(21)20-13/h4-5,7-11H,2-3,6H2,1H3. The van der Waals surface area contributed by atoms with Crippen molar-refractivity contribution in [3.63, 3.8) is 0 Å². The maximum absolute atomic E-state index is 12.9. The molecule has 3 aromatic rings. The molecular weight excluding hydrogens is 298 g/mol. The van der Waals surface area contributed by atoms with E-state index in [2.05, 4.69) is 16.9 Å². The number of fused-ring (bicyclic) bond motifs is 1. The maximum atomic E-state index is 12.9. The Balaban J connectivity index is 2.27. The minimum Gasteiger partial charge on any atom is -0.268 e. The summed E-state index contributed by atoms with van der Waals surface area (Å²) in [5.41, 5.74) is 2.79. The number of nitrogens with zero attached hydrogens (tertiary/aromatic N) is 3. The summed E-state index contributed by atoms with van der Waals surface area (Å²) in [5.74, 6) is 0. The third-order valence-electron chi connectivity index (χ3n) is 3.59. The molecule has 0 amide bonds.